The molecule has 2 unspecified atom stereocenters. The highest BCUT2D eigenvalue weighted by Gasteiger charge is 2.28. The smallest absolute Gasteiger partial charge is 0.307 e. The van der Waals surface area contributed by atoms with Crippen molar-refractivity contribution >= 4 is 11.5 Å². The van der Waals surface area contributed by atoms with Gasteiger partial charge in [0.2, 0.25) is 0 Å². The Kier molecular flexibility index (Phi) is 6.37. The molecule has 0 bridgehead atoms. The van der Waals surface area contributed by atoms with E-state index in [4.69, 9.17) is 4.74 Å². The summed E-state index contributed by atoms with van der Waals surface area (Å²) in [6, 6.07) is 5.82. The van der Waals surface area contributed by atoms with Gasteiger partial charge in [-0.2, -0.15) is 0 Å². The molecule has 0 heterocycles. The zero-order valence-electron chi connectivity index (χ0n) is 13.9. The van der Waals surface area contributed by atoms with Crippen LogP contribution in [0.3, 0.4) is 0 Å². The molecule has 1 aliphatic rings. The topological polar surface area (TPSA) is 66.8 Å². The third-order valence-corrected chi connectivity index (χ3v) is 4.55. The minimum atomic E-state index is -0.364. The van der Waals surface area contributed by atoms with Gasteiger partial charge in [0.15, 0.2) is 0 Å². The molecule has 1 fully saturated rings. The second-order valence-corrected chi connectivity index (χ2v) is 6.10. The highest BCUT2D eigenvalue weighted by atomic mass is 16.5. The Labute approximate surface area is 137 Å². The van der Waals surface area contributed by atoms with Crippen molar-refractivity contribution in [2.24, 2.45) is 0 Å². The monoisotopic (exact) mass is 318 g/mol. The van der Waals surface area contributed by atoms with Crippen molar-refractivity contribution in [2.75, 3.05) is 0 Å². The van der Waals surface area contributed by atoms with Crippen LogP contribution < -0.4 is 0 Å². The van der Waals surface area contributed by atoms with Crippen LogP contribution >= 0.6 is 0 Å². The van der Waals surface area contributed by atoms with E-state index >= 15 is 0 Å². The average molecular weight is 318 g/mol. The molecule has 2 atom stereocenters. The van der Waals surface area contributed by atoms with Crippen LogP contribution in [0.5, 0.6) is 0 Å². The first-order chi connectivity index (χ1) is 11.1. The van der Waals surface area contributed by atoms with Gasteiger partial charge in [0.25, 0.3) is 0 Å². The van der Waals surface area contributed by atoms with E-state index in [1.54, 1.807) is 0 Å². The number of ether oxygens (including phenoxy) is 1. The Hall–Kier alpha value is -1.65. The molecule has 23 heavy (non-hydrogen) atoms. The minimum absolute atomic E-state index is 0.0672. The second-order valence-electron chi connectivity index (χ2n) is 6.10. The van der Waals surface area contributed by atoms with Gasteiger partial charge >= 0.3 is 5.97 Å². The zero-order valence-corrected chi connectivity index (χ0v) is 13.9. The number of carbonyl (C=O) groups is 1. The van der Waals surface area contributed by atoms with Crippen molar-refractivity contribution < 1.29 is 19.7 Å². The van der Waals surface area contributed by atoms with Gasteiger partial charge in [-0.05, 0) is 41.5 Å². The predicted molar refractivity (Wildman–Crippen MR) is 89.6 cm³/mol. The van der Waals surface area contributed by atoms with Crippen LogP contribution in [0.1, 0.15) is 68.6 Å². The van der Waals surface area contributed by atoms with Gasteiger partial charge in [0.1, 0.15) is 0 Å². The largest absolute Gasteiger partial charge is 0.434 e. The van der Waals surface area contributed by atoms with E-state index in [1.165, 1.54) is 13.2 Å². The average Bonchev–Trinajstić information content (AvgIpc) is 2.55. The van der Waals surface area contributed by atoms with E-state index in [0.29, 0.717) is 6.42 Å². The van der Waals surface area contributed by atoms with Crippen LogP contribution in [0.25, 0.3) is 5.57 Å². The van der Waals surface area contributed by atoms with Crippen LogP contribution in [0.2, 0.25) is 0 Å². The zero-order chi connectivity index (χ0) is 16.8. The van der Waals surface area contributed by atoms with Crippen molar-refractivity contribution in [3.05, 3.63) is 41.2 Å². The molecule has 126 valence electrons. The molecule has 0 aromatic heterocycles. The lowest BCUT2D eigenvalue weighted by Gasteiger charge is -2.30. The van der Waals surface area contributed by atoms with Crippen molar-refractivity contribution in [3.63, 3.8) is 0 Å². The minimum Gasteiger partial charge on any atom is -0.434 e. The standard InChI is InChI=1S/C19H26O4/c1-3-14(12-23-13(2)21)19-15(11-20)7-6-9-17(19)16-8-4-5-10-18(16)22/h6-7,9,12,16,18,20,22H,3-5,8,10-11H2,1-2H3/b14-12+. The maximum absolute atomic E-state index is 11.1. The molecule has 4 nitrogen and oxygen atoms in total. The van der Waals surface area contributed by atoms with Gasteiger partial charge in [-0.15, -0.1) is 0 Å². The van der Waals surface area contributed by atoms with E-state index in [1.807, 2.05) is 25.1 Å². The fraction of sp³-hybridized carbons (Fsp3) is 0.526. The first-order valence-electron chi connectivity index (χ1n) is 8.35. The lowest BCUT2D eigenvalue weighted by atomic mass is 9.77. The SMILES string of the molecule is CC/C(=C\OC(C)=O)c1c(CO)cccc1C1CCCCC1O. The quantitative estimate of drug-likeness (QED) is 0.644. The van der Waals surface area contributed by atoms with E-state index in [-0.39, 0.29) is 24.6 Å². The van der Waals surface area contributed by atoms with Crippen LogP contribution in [0.4, 0.5) is 0 Å². The van der Waals surface area contributed by atoms with Crippen LogP contribution in [-0.2, 0) is 16.1 Å². The summed E-state index contributed by atoms with van der Waals surface area (Å²) < 4.78 is 5.07. The molecule has 1 saturated carbocycles. The molecular formula is C19H26O4. The first kappa shape index (κ1) is 17.7. The van der Waals surface area contributed by atoms with Gasteiger partial charge in [-0.25, -0.2) is 0 Å². The van der Waals surface area contributed by atoms with Gasteiger partial charge < -0.3 is 14.9 Å². The van der Waals surface area contributed by atoms with Crippen molar-refractivity contribution in [2.45, 2.75) is 64.6 Å². The number of carbonyl (C=O) groups excluding carboxylic acids is 1. The molecule has 4 heteroatoms. The molecule has 0 aliphatic heterocycles. The van der Waals surface area contributed by atoms with Crippen molar-refractivity contribution in [1.29, 1.82) is 0 Å². The number of rotatable bonds is 5. The normalized spacial score (nSPS) is 22.0. The van der Waals surface area contributed by atoms with E-state index in [2.05, 4.69) is 0 Å². The van der Waals surface area contributed by atoms with Gasteiger partial charge in [0, 0.05) is 12.8 Å². The van der Waals surface area contributed by atoms with E-state index < -0.39 is 0 Å². The van der Waals surface area contributed by atoms with E-state index in [0.717, 1.165) is 47.9 Å². The fourth-order valence-corrected chi connectivity index (χ4v) is 3.40. The van der Waals surface area contributed by atoms with Crippen LogP contribution in [0, 0.1) is 0 Å². The van der Waals surface area contributed by atoms with Crippen molar-refractivity contribution in [3.8, 4) is 0 Å². The summed E-state index contributed by atoms with van der Waals surface area (Å²) in [6.07, 6.45) is 5.70. The Morgan fingerprint density at radius 3 is 2.70 bits per heavy atom. The predicted octanol–water partition coefficient (Wildman–Crippen LogP) is 3.51. The molecule has 2 rings (SSSR count). The highest BCUT2D eigenvalue weighted by Crippen LogP contribution is 2.39. The van der Waals surface area contributed by atoms with Gasteiger partial charge in [-0.3, -0.25) is 4.79 Å². The lowest BCUT2D eigenvalue weighted by molar-refractivity contribution is -0.135. The molecule has 1 aromatic rings. The summed E-state index contributed by atoms with van der Waals surface area (Å²) in [5.74, 6) is -0.297. The molecular weight excluding hydrogens is 292 g/mol. The maximum atomic E-state index is 11.1. The summed E-state index contributed by atoms with van der Waals surface area (Å²) in [5, 5.41) is 20.1. The molecule has 0 radical (unpaired) electrons. The highest BCUT2D eigenvalue weighted by molar-refractivity contribution is 5.74. The maximum Gasteiger partial charge on any atom is 0.307 e. The molecule has 0 saturated heterocycles. The molecule has 0 spiro atoms. The number of aliphatic hydroxyl groups excluding tert-OH is 2. The number of hydrogen-bond donors (Lipinski definition) is 2. The number of esters is 1. The fourth-order valence-electron chi connectivity index (χ4n) is 3.40. The number of benzene rings is 1. The van der Waals surface area contributed by atoms with Gasteiger partial charge in [0.05, 0.1) is 19.0 Å². The number of aliphatic hydroxyl groups is 2. The summed E-state index contributed by atoms with van der Waals surface area (Å²) in [6.45, 7) is 3.28. The number of hydrogen-bond acceptors (Lipinski definition) is 4. The Bertz CT molecular complexity index is 577. The Balaban J connectivity index is 2.50. The Morgan fingerprint density at radius 2 is 2.09 bits per heavy atom. The Morgan fingerprint density at radius 1 is 1.35 bits per heavy atom. The van der Waals surface area contributed by atoms with Crippen LogP contribution in [0.15, 0.2) is 24.5 Å². The van der Waals surface area contributed by atoms with Crippen LogP contribution in [-0.4, -0.2) is 22.3 Å². The summed E-state index contributed by atoms with van der Waals surface area (Å²) in [7, 11) is 0. The molecule has 2 N–H and O–H groups in total. The third kappa shape index (κ3) is 4.21. The lowest BCUT2D eigenvalue weighted by Crippen LogP contribution is -2.24. The number of allylic oxidation sites excluding steroid dienone is 1. The summed E-state index contributed by atoms with van der Waals surface area (Å²) in [4.78, 5) is 11.1. The third-order valence-electron chi connectivity index (χ3n) is 4.55. The second kappa shape index (κ2) is 8.27. The summed E-state index contributed by atoms with van der Waals surface area (Å²) in [5.41, 5.74) is 3.65. The molecule has 1 aliphatic carbocycles. The van der Waals surface area contributed by atoms with E-state index in [9.17, 15) is 15.0 Å². The first-order valence-corrected chi connectivity index (χ1v) is 8.35. The van der Waals surface area contributed by atoms with Gasteiger partial charge in [-0.1, -0.05) is 38.0 Å². The summed E-state index contributed by atoms with van der Waals surface area (Å²) >= 11 is 0. The molecule has 1 aromatic carbocycles. The van der Waals surface area contributed by atoms with Crippen molar-refractivity contribution in [1.82, 2.24) is 0 Å². The molecule has 0 amide bonds.